The number of phosphoric ester groups is 2. The van der Waals surface area contributed by atoms with Gasteiger partial charge in [-0.3, -0.25) is 37.3 Å². The summed E-state index contributed by atoms with van der Waals surface area (Å²) < 4.78 is 68.5. The third-order valence-corrected chi connectivity index (χ3v) is 20.0. The summed E-state index contributed by atoms with van der Waals surface area (Å²) in [6.07, 6.45) is 62.5. The van der Waals surface area contributed by atoms with Gasteiger partial charge >= 0.3 is 39.5 Å². The Hall–Kier alpha value is -1.94. The standard InChI is InChI=1S/C77H150O17P2/c1-5-9-13-17-21-25-28-31-33-35-37-39-41-44-46-50-54-58-62-75(80)88-68-73(94-77(82)64-60-56-52-48-45-42-40-38-36-34-32-29-26-22-18-14-10-6-2)70-92-96(85,86)90-66-71(78)65-89-95(83,84)91-69-72(67-87-74(79)61-57-53-49-24-20-16-12-8-4)93-76(81)63-59-55-51-47-43-30-27-23-19-15-11-7-3/h71-73,78H,5-70H2,1-4H3,(H,83,84)(H,85,86)/t71-,72+,73+/m0/s1. The van der Waals surface area contributed by atoms with Gasteiger partial charge in [0, 0.05) is 25.7 Å². The molecule has 2 unspecified atom stereocenters. The van der Waals surface area contributed by atoms with Crippen molar-refractivity contribution in [2.75, 3.05) is 39.6 Å². The van der Waals surface area contributed by atoms with E-state index in [2.05, 4.69) is 27.7 Å². The van der Waals surface area contributed by atoms with Gasteiger partial charge in [0.15, 0.2) is 12.2 Å². The van der Waals surface area contributed by atoms with E-state index in [0.29, 0.717) is 25.7 Å². The zero-order chi connectivity index (χ0) is 70.4. The van der Waals surface area contributed by atoms with Crippen molar-refractivity contribution in [2.24, 2.45) is 0 Å². The summed E-state index contributed by atoms with van der Waals surface area (Å²) in [7, 11) is -9.91. The topological polar surface area (TPSA) is 237 Å². The van der Waals surface area contributed by atoms with Gasteiger partial charge in [0.1, 0.15) is 19.3 Å². The van der Waals surface area contributed by atoms with E-state index in [4.69, 9.17) is 37.0 Å². The largest absolute Gasteiger partial charge is 0.472 e. The zero-order valence-electron chi connectivity index (χ0n) is 62.4. The van der Waals surface area contributed by atoms with Gasteiger partial charge in [0.05, 0.1) is 26.4 Å². The number of ether oxygens (including phenoxy) is 4. The fourth-order valence-corrected chi connectivity index (χ4v) is 13.5. The molecule has 0 aromatic heterocycles. The van der Waals surface area contributed by atoms with E-state index in [1.54, 1.807) is 0 Å². The number of hydrogen-bond donors (Lipinski definition) is 3. The lowest BCUT2D eigenvalue weighted by atomic mass is 10.0. The lowest BCUT2D eigenvalue weighted by Gasteiger charge is -2.21. The molecule has 0 saturated heterocycles. The smallest absolute Gasteiger partial charge is 0.462 e. The predicted octanol–water partition coefficient (Wildman–Crippen LogP) is 23.0. The monoisotopic (exact) mass is 1410 g/mol. The summed E-state index contributed by atoms with van der Waals surface area (Å²) in [4.78, 5) is 72.7. The number of hydrogen-bond acceptors (Lipinski definition) is 15. The van der Waals surface area contributed by atoms with E-state index in [1.165, 1.54) is 244 Å². The van der Waals surface area contributed by atoms with Crippen LogP contribution in [0.2, 0.25) is 0 Å². The second-order valence-corrected chi connectivity index (χ2v) is 30.7. The minimum atomic E-state index is -4.96. The van der Waals surface area contributed by atoms with Gasteiger partial charge in [0.25, 0.3) is 0 Å². The van der Waals surface area contributed by atoms with Crippen LogP contribution in [0, 0.1) is 0 Å². The van der Waals surface area contributed by atoms with E-state index in [-0.39, 0.29) is 25.7 Å². The number of phosphoric acid groups is 2. The molecule has 0 radical (unpaired) electrons. The van der Waals surface area contributed by atoms with Crippen molar-refractivity contribution in [3.63, 3.8) is 0 Å². The number of carbonyl (C=O) groups excluding carboxylic acids is 4. The van der Waals surface area contributed by atoms with Gasteiger partial charge in [-0.1, -0.05) is 362 Å². The molecule has 0 aliphatic carbocycles. The molecule has 0 aromatic rings. The van der Waals surface area contributed by atoms with Crippen molar-refractivity contribution >= 4 is 39.5 Å². The number of carbonyl (C=O) groups is 4. The molecule has 3 N–H and O–H groups in total. The average Bonchev–Trinajstić information content (AvgIpc) is 1.62. The van der Waals surface area contributed by atoms with Crippen LogP contribution in [0.4, 0.5) is 0 Å². The van der Waals surface area contributed by atoms with Crippen LogP contribution in [0.25, 0.3) is 0 Å². The van der Waals surface area contributed by atoms with Crippen molar-refractivity contribution in [1.82, 2.24) is 0 Å². The lowest BCUT2D eigenvalue weighted by Crippen LogP contribution is -2.30. The molecule has 0 aromatic carbocycles. The first kappa shape index (κ1) is 94.1. The number of rotatable bonds is 78. The first-order valence-corrected chi connectivity index (χ1v) is 43.3. The molecular weight excluding hydrogens is 1260 g/mol. The molecule has 0 heterocycles. The van der Waals surface area contributed by atoms with Gasteiger partial charge in [-0.25, -0.2) is 9.13 Å². The van der Waals surface area contributed by atoms with Crippen LogP contribution >= 0.6 is 15.6 Å². The Kier molecular flexibility index (Phi) is 70.0. The maximum atomic E-state index is 13.1. The van der Waals surface area contributed by atoms with Crippen LogP contribution in [0.1, 0.15) is 413 Å². The average molecular weight is 1410 g/mol. The molecular formula is C77H150O17P2. The van der Waals surface area contributed by atoms with E-state index in [0.717, 1.165) is 89.9 Å². The van der Waals surface area contributed by atoms with Crippen molar-refractivity contribution < 1.29 is 80.2 Å². The normalized spacial score (nSPS) is 13.9. The van der Waals surface area contributed by atoms with Gasteiger partial charge in [-0.05, 0) is 25.7 Å². The van der Waals surface area contributed by atoms with Crippen LogP contribution in [0.15, 0.2) is 0 Å². The minimum absolute atomic E-state index is 0.108. The lowest BCUT2D eigenvalue weighted by molar-refractivity contribution is -0.161. The van der Waals surface area contributed by atoms with Gasteiger partial charge in [-0.2, -0.15) is 0 Å². The maximum Gasteiger partial charge on any atom is 0.472 e. The number of aliphatic hydroxyl groups is 1. The fourth-order valence-electron chi connectivity index (χ4n) is 11.9. The second kappa shape index (κ2) is 71.5. The molecule has 5 atom stereocenters. The molecule has 0 bridgehead atoms. The number of aliphatic hydroxyl groups excluding tert-OH is 1. The zero-order valence-corrected chi connectivity index (χ0v) is 64.1. The molecule has 0 aliphatic rings. The molecule has 570 valence electrons. The molecule has 17 nitrogen and oxygen atoms in total. The molecule has 0 rings (SSSR count). The summed E-state index contributed by atoms with van der Waals surface area (Å²) in [5.74, 6) is -2.11. The van der Waals surface area contributed by atoms with Crippen molar-refractivity contribution in [3.05, 3.63) is 0 Å². The Bertz CT molecular complexity index is 1830. The highest BCUT2D eigenvalue weighted by molar-refractivity contribution is 7.47. The SMILES string of the molecule is CCCCCCCCCCCCCCCCCCCCC(=O)OC[C@H](COP(=O)(O)OC[C@@H](O)COP(=O)(O)OC[C@@H](COC(=O)CCCCCCCCCC)OC(=O)CCCCCCCCCCCCCC)OC(=O)CCCCCCCCCCCCCCCCCCCC. The molecule has 19 heteroatoms. The Labute approximate surface area is 588 Å². The number of unbranched alkanes of at least 4 members (excludes halogenated alkanes) is 52. The summed E-state index contributed by atoms with van der Waals surface area (Å²) >= 11 is 0. The fraction of sp³-hybridized carbons (Fsp3) is 0.948. The second-order valence-electron chi connectivity index (χ2n) is 27.7. The summed E-state index contributed by atoms with van der Waals surface area (Å²) in [6.45, 7) is 4.97. The molecule has 0 amide bonds. The van der Waals surface area contributed by atoms with E-state index < -0.39 is 97.5 Å². The van der Waals surface area contributed by atoms with Crippen LogP contribution < -0.4 is 0 Å². The molecule has 0 saturated carbocycles. The van der Waals surface area contributed by atoms with Gasteiger partial charge in [-0.15, -0.1) is 0 Å². The molecule has 96 heavy (non-hydrogen) atoms. The number of esters is 4. The highest BCUT2D eigenvalue weighted by Gasteiger charge is 2.30. The summed E-state index contributed by atoms with van der Waals surface area (Å²) in [5.41, 5.74) is 0. The molecule has 0 spiro atoms. The van der Waals surface area contributed by atoms with Crippen LogP contribution in [-0.4, -0.2) is 96.7 Å². The van der Waals surface area contributed by atoms with Crippen molar-refractivity contribution in [2.45, 2.75) is 431 Å². The third-order valence-electron chi connectivity index (χ3n) is 18.1. The van der Waals surface area contributed by atoms with Gasteiger partial charge < -0.3 is 33.8 Å². The quantitative estimate of drug-likeness (QED) is 0.0222. The third kappa shape index (κ3) is 70.5. The highest BCUT2D eigenvalue weighted by atomic mass is 31.2. The van der Waals surface area contributed by atoms with E-state index in [9.17, 15) is 43.2 Å². The van der Waals surface area contributed by atoms with Crippen molar-refractivity contribution in [3.8, 4) is 0 Å². The minimum Gasteiger partial charge on any atom is -0.462 e. The van der Waals surface area contributed by atoms with Crippen molar-refractivity contribution in [1.29, 1.82) is 0 Å². The summed E-state index contributed by atoms with van der Waals surface area (Å²) in [6, 6.07) is 0. The maximum absolute atomic E-state index is 13.1. The van der Waals surface area contributed by atoms with E-state index >= 15 is 0 Å². The van der Waals surface area contributed by atoms with Crippen LogP contribution in [-0.2, 0) is 65.4 Å². The van der Waals surface area contributed by atoms with Gasteiger partial charge in [0.2, 0.25) is 0 Å². The summed E-state index contributed by atoms with van der Waals surface area (Å²) in [5, 5.41) is 10.6. The van der Waals surface area contributed by atoms with E-state index in [1.807, 2.05) is 0 Å². The molecule has 0 aliphatic heterocycles. The van der Waals surface area contributed by atoms with Crippen LogP contribution in [0.5, 0.6) is 0 Å². The Morgan fingerprint density at radius 2 is 0.417 bits per heavy atom. The first-order chi connectivity index (χ1) is 46.7. The predicted molar refractivity (Wildman–Crippen MR) is 391 cm³/mol. The van der Waals surface area contributed by atoms with Crippen LogP contribution in [0.3, 0.4) is 0 Å². The highest BCUT2D eigenvalue weighted by Crippen LogP contribution is 2.45. The Morgan fingerprint density at radius 3 is 0.615 bits per heavy atom. The molecule has 0 fully saturated rings. The Morgan fingerprint density at radius 1 is 0.250 bits per heavy atom. The Balaban J connectivity index is 5.19. The first-order valence-electron chi connectivity index (χ1n) is 40.3.